The molecule has 0 aromatic rings. The molecule has 0 nitrogen and oxygen atoms in total. The van der Waals surface area contributed by atoms with Crippen LogP contribution >= 0.6 is 0 Å². The van der Waals surface area contributed by atoms with Gasteiger partial charge in [0.15, 0.2) is 0 Å². The fourth-order valence-electron chi connectivity index (χ4n) is 2.60. The summed E-state index contributed by atoms with van der Waals surface area (Å²) in [6.45, 7) is 6.16. The number of hydrogen-bond acceptors (Lipinski definition) is 0. The summed E-state index contributed by atoms with van der Waals surface area (Å²) in [7, 11) is 0. The van der Waals surface area contributed by atoms with Crippen LogP contribution in [-0.4, -0.2) is 0 Å². The van der Waals surface area contributed by atoms with Crippen molar-refractivity contribution in [2.24, 2.45) is 0 Å². The first-order valence-electron chi connectivity index (χ1n) is 9.36. The number of allylic oxidation sites excluding steroid dienone is 2. The Balaban J connectivity index is 2.99. The molecule has 0 aliphatic heterocycles. The molecule has 0 fully saturated rings. The lowest BCUT2D eigenvalue weighted by Gasteiger charge is -2.01. The van der Waals surface area contributed by atoms with Crippen LogP contribution in [-0.2, 0) is 0 Å². The highest BCUT2D eigenvalue weighted by Crippen LogP contribution is 2.12. The molecule has 0 heterocycles. The second-order valence-corrected chi connectivity index (χ2v) is 6.14. The van der Waals surface area contributed by atoms with E-state index in [9.17, 15) is 0 Å². The van der Waals surface area contributed by atoms with E-state index in [0.717, 1.165) is 6.42 Å². The normalized spacial score (nSPS) is 11.5. The highest BCUT2D eigenvalue weighted by molar-refractivity contribution is 4.81. The lowest BCUT2D eigenvalue weighted by Crippen LogP contribution is -1.82. The molecular weight excluding hydrogens is 240 g/mol. The van der Waals surface area contributed by atoms with Crippen LogP contribution in [0.25, 0.3) is 0 Å². The molecule has 0 amide bonds. The molecule has 0 saturated heterocycles. The zero-order valence-corrected chi connectivity index (χ0v) is 14.2. The fourth-order valence-corrected chi connectivity index (χ4v) is 2.60. The Morgan fingerprint density at radius 3 is 1.40 bits per heavy atom. The molecule has 20 heavy (non-hydrogen) atoms. The van der Waals surface area contributed by atoms with Crippen LogP contribution in [0.5, 0.6) is 0 Å². The Labute approximate surface area is 129 Å². The van der Waals surface area contributed by atoms with E-state index in [0.29, 0.717) is 0 Å². The van der Waals surface area contributed by atoms with Crippen molar-refractivity contribution in [3.05, 3.63) is 19.1 Å². The third-order valence-electron chi connectivity index (χ3n) is 4.01. The molecule has 0 saturated carbocycles. The van der Waals surface area contributed by atoms with Crippen LogP contribution in [0, 0.1) is 6.92 Å². The van der Waals surface area contributed by atoms with Crippen LogP contribution in [0.4, 0.5) is 0 Å². The van der Waals surface area contributed by atoms with Crippen molar-refractivity contribution in [3.63, 3.8) is 0 Å². The molecule has 0 heteroatoms. The van der Waals surface area contributed by atoms with Gasteiger partial charge in [-0.2, -0.15) is 0 Å². The minimum absolute atomic E-state index is 1.12. The molecule has 0 unspecified atom stereocenters. The summed E-state index contributed by atoms with van der Waals surface area (Å²) in [6.07, 6.45) is 26.8. The maximum absolute atomic E-state index is 3.89. The van der Waals surface area contributed by atoms with Gasteiger partial charge in [0.05, 0.1) is 0 Å². The smallest absolute Gasteiger partial charge is 0.0351 e. The average molecular weight is 280 g/mol. The topological polar surface area (TPSA) is 0 Å². The lowest BCUT2D eigenvalue weighted by atomic mass is 10.1. The van der Waals surface area contributed by atoms with E-state index in [4.69, 9.17) is 0 Å². The summed E-state index contributed by atoms with van der Waals surface area (Å²) >= 11 is 0. The molecule has 0 bridgehead atoms. The van der Waals surface area contributed by atoms with Crippen molar-refractivity contribution in [3.8, 4) is 0 Å². The number of rotatable bonds is 16. The first-order valence-corrected chi connectivity index (χ1v) is 9.36. The molecule has 119 valence electrons. The predicted molar refractivity (Wildman–Crippen MR) is 94.0 cm³/mol. The van der Waals surface area contributed by atoms with Crippen LogP contribution in [0.1, 0.15) is 110 Å². The quantitative estimate of drug-likeness (QED) is 0.201. The summed E-state index contributed by atoms with van der Waals surface area (Å²) < 4.78 is 0. The Bertz CT molecular complexity index is 180. The molecule has 0 atom stereocenters. The Kier molecular flexibility index (Phi) is 18.5. The van der Waals surface area contributed by atoms with Crippen molar-refractivity contribution in [2.75, 3.05) is 0 Å². The van der Waals surface area contributed by atoms with Gasteiger partial charge in [-0.15, -0.1) is 0 Å². The van der Waals surface area contributed by atoms with Crippen LogP contribution in [0.15, 0.2) is 12.2 Å². The van der Waals surface area contributed by atoms with Gasteiger partial charge in [-0.3, -0.25) is 0 Å². The van der Waals surface area contributed by atoms with E-state index in [2.05, 4.69) is 26.0 Å². The van der Waals surface area contributed by atoms with Crippen molar-refractivity contribution >= 4 is 0 Å². The monoisotopic (exact) mass is 279 g/mol. The predicted octanol–water partition coefficient (Wildman–Crippen LogP) is 7.64. The van der Waals surface area contributed by atoms with Gasteiger partial charge in [-0.1, -0.05) is 103 Å². The van der Waals surface area contributed by atoms with Gasteiger partial charge in [0.25, 0.3) is 0 Å². The molecule has 0 aromatic heterocycles. The largest absolute Gasteiger partial charge is 0.0885 e. The summed E-state index contributed by atoms with van der Waals surface area (Å²) in [4.78, 5) is 0. The molecule has 0 N–H and O–H groups in total. The Morgan fingerprint density at radius 2 is 0.950 bits per heavy atom. The number of unbranched alkanes of at least 4 members (excludes halogenated alkanes) is 14. The molecular formula is C20H39. The maximum atomic E-state index is 3.89. The highest BCUT2D eigenvalue weighted by Gasteiger charge is 1.92. The van der Waals surface area contributed by atoms with Gasteiger partial charge in [-0.05, 0) is 25.7 Å². The van der Waals surface area contributed by atoms with E-state index in [1.807, 2.05) is 0 Å². The standard InChI is InChI=1S/C20H39/c1-3-5-7-9-11-13-15-17-19-20-18-16-14-12-10-8-6-4-2/h12,14H,1,3-11,13,15-20H2,2H3/b14-12+. The molecule has 0 rings (SSSR count). The van der Waals surface area contributed by atoms with Gasteiger partial charge >= 0.3 is 0 Å². The minimum atomic E-state index is 1.12. The van der Waals surface area contributed by atoms with Crippen molar-refractivity contribution in [1.29, 1.82) is 0 Å². The van der Waals surface area contributed by atoms with Crippen molar-refractivity contribution in [2.45, 2.75) is 110 Å². The van der Waals surface area contributed by atoms with E-state index in [-0.39, 0.29) is 0 Å². The van der Waals surface area contributed by atoms with Crippen molar-refractivity contribution in [1.82, 2.24) is 0 Å². The van der Waals surface area contributed by atoms with Gasteiger partial charge in [0.1, 0.15) is 0 Å². The minimum Gasteiger partial charge on any atom is -0.0885 e. The van der Waals surface area contributed by atoms with E-state index < -0.39 is 0 Å². The second-order valence-electron chi connectivity index (χ2n) is 6.14. The maximum Gasteiger partial charge on any atom is -0.0351 e. The molecule has 0 aromatic carbocycles. The average Bonchev–Trinajstić information content (AvgIpc) is 2.47. The zero-order chi connectivity index (χ0) is 14.7. The molecule has 0 aliphatic carbocycles. The SMILES string of the molecule is [CH2]CCCCCCCCCCCC/C=C/CCCCC. The van der Waals surface area contributed by atoms with E-state index in [1.54, 1.807) is 0 Å². The molecule has 0 spiro atoms. The summed E-state index contributed by atoms with van der Waals surface area (Å²) in [5.41, 5.74) is 0. The third-order valence-corrected chi connectivity index (χ3v) is 4.01. The van der Waals surface area contributed by atoms with Gasteiger partial charge in [0.2, 0.25) is 0 Å². The van der Waals surface area contributed by atoms with Crippen LogP contribution < -0.4 is 0 Å². The van der Waals surface area contributed by atoms with Gasteiger partial charge < -0.3 is 0 Å². The summed E-state index contributed by atoms with van der Waals surface area (Å²) in [5, 5.41) is 0. The first kappa shape index (κ1) is 19.7. The lowest BCUT2D eigenvalue weighted by molar-refractivity contribution is 0.553. The first-order chi connectivity index (χ1) is 9.91. The molecule has 1 radical (unpaired) electrons. The Morgan fingerprint density at radius 1 is 0.550 bits per heavy atom. The third kappa shape index (κ3) is 17.7. The molecule has 0 aliphatic rings. The summed E-state index contributed by atoms with van der Waals surface area (Å²) in [5.74, 6) is 0. The fraction of sp³-hybridized carbons (Fsp3) is 0.850. The van der Waals surface area contributed by atoms with E-state index in [1.165, 1.54) is 96.3 Å². The van der Waals surface area contributed by atoms with Gasteiger partial charge in [-0.25, -0.2) is 0 Å². The van der Waals surface area contributed by atoms with Crippen LogP contribution in [0.2, 0.25) is 0 Å². The zero-order valence-electron chi connectivity index (χ0n) is 14.2. The van der Waals surface area contributed by atoms with Crippen molar-refractivity contribution < 1.29 is 0 Å². The summed E-state index contributed by atoms with van der Waals surface area (Å²) in [6, 6.07) is 0. The highest BCUT2D eigenvalue weighted by atomic mass is 14.0. The van der Waals surface area contributed by atoms with E-state index >= 15 is 0 Å². The second kappa shape index (κ2) is 18.7. The Hall–Kier alpha value is -0.260. The van der Waals surface area contributed by atoms with Gasteiger partial charge in [0, 0.05) is 0 Å². The number of hydrogen-bond donors (Lipinski definition) is 0. The van der Waals surface area contributed by atoms with Crippen LogP contribution in [0.3, 0.4) is 0 Å².